The molecule has 0 radical (unpaired) electrons. The second-order valence-corrected chi connectivity index (χ2v) is 7.47. The number of benzene rings is 2. The molecule has 2 aromatic carbocycles. The summed E-state index contributed by atoms with van der Waals surface area (Å²) in [5, 5.41) is 0.471. The van der Waals surface area contributed by atoms with E-state index in [0.29, 0.717) is 10.6 Å². The first-order valence-electron chi connectivity index (χ1n) is 7.45. The van der Waals surface area contributed by atoms with E-state index < -0.39 is 28.4 Å². The molecule has 0 spiro atoms. The van der Waals surface area contributed by atoms with Gasteiger partial charge in [-0.2, -0.15) is 0 Å². The van der Waals surface area contributed by atoms with Crippen molar-refractivity contribution in [1.29, 1.82) is 0 Å². The van der Waals surface area contributed by atoms with Gasteiger partial charge in [0, 0.05) is 5.02 Å². The highest BCUT2D eigenvalue weighted by Gasteiger charge is 2.28. The van der Waals surface area contributed by atoms with Gasteiger partial charge in [-0.15, -0.1) is 0 Å². The minimum Gasteiger partial charge on any atom is -0.465 e. The zero-order valence-electron chi connectivity index (χ0n) is 13.7. The zero-order valence-corrected chi connectivity index (χ0v) is 15.3. The molecule has 2 aromatic rings. The Morgan fingerprint density at radius 2 is 1.84 bits per heavy atom. The normalized spacial score (nSPS) is 11.2. The topological polar surface area (TPSA) is 63.7 Å². The van der Waals surface area contributed by atoms with Crippen LogP contribution in [0.1, 0.15) is 12.5 Å². The molecule has 0 bridgehead atoms. The molecule has 0 aromatic heterocycles. The third-order valence-electron chi connectivity index (χ3n) is 3.41. The largest absolute Gasteiger partial charge is 0.465 e. The number of sulfonamides is 1. The average molecular weight is 386 g/mol. The lowest BCUT2D eigenvalue weighted by Gasteiger charge is -2.24. The van der Waals surface area contributed by atoms with E-state index in [1.54, 1.807) is 26.0 Å². The molecule has 8 heteroatoms. The lowest BCUT2D eigenvalue weighted by atomic mass is 10.2. The number of aryl methyl sites for hydroxylation is 1. The van der Waals surface area contributed by atoms with Crippen LogP contribution in [-0.4, -0.2) is 27.5 Å². The van der Waals surface area contributed by atoms with Gasteiger partial charge in [-0.05, 0) is 61.9 Å². The fourth-order valence-electron chi connectivity index (χ4n) is 2.16. The quantitative estimate of drug-likeness (QED) is 0.713. The molecule has 0 aliphatic heterocycles. The van der Waals surface area contributed by atoms with Gasteiger partial charge in [-0.1, -0.05) is 11.6 Å². The summed E-state index contributed by atoms with van der Waals surface area (Å²) in [6.45, 7) is 2.97. The molecule has 0 saturated carbocycles. The van der Waals surface area contributed by atoms with Crippen LogP contribution >= 0.6 is 11.6 Å². The van der Waals surface area contributed by atoms with Crippen molar-refractivity contribution in [3.05, 3.63) is 58.9 Å². The summed E-state index contributed by atoms with van der Waals surface area (Å²) in [4.78, 5) is 11.8. The monoisotopic (exact) mass is 385 g/mol. The number of rotatable bonds is 6. The Kier molecular flexibility index (Phi) is 6.02. The van der Waals surface area contributed by atoms with Gasteiger partial charge in [-0.3, -0.25) is 9.10 Å². The van der Waals surface area contributed by atoms with E-state index >= 15 is 0 Å². The highest BCUT2D eigenvalue weighted by atomic mass is 35.5. The Morgan fingerprint density at radius 1 is 1.20 bits per heavy atom. The van der Waals surface area contributed by atoms with Crippen LogP contribution in [-0.2, 0) is 19.6 Å². The van der Waals surface area contributed by atoms with E-state index in [0.717, 1.165) is 28.6 Å². The molecule has 0 fully saturated rings. The number of ether oxygens (including phenoxy) is 1. The Labute approximate surface area is 151 Å². The molecule has 0 aliphatic carbocycles. The molecule has 0 aliphatic rings. The van der Waals surface area contributed by atoms with Crippen LogP contribution in [0.15, 0.2) is 47.4 Å². The molecule has 0 amide bonds. The van der Waals surface area contributed by atoms with Gasteiger partial charge in [-0.25, -0.2) is 12.8 Å². The molecule has 0 saturated heterocycles. The predicted octanol–water partition coefficient (Wildman–Crippen LogP) is 3.55. The van der Waals surface area contributed by atoms with Crippen molar-refractivity contribution >= 4 is 33.3 Å². The Hall–Kier alpha value is -2.12. The first-order valence-corrected chi connectivity index (χ1v) is 9.27. The van der Waals surface area contributed by atoms with Gasteiger partial charge in [0.25, 0.3) is 10.0 Å². The molecule has 25 heavy (non-hydrogen) atoms. The zero-order chi connectivity index (χ0) is 18.6. The van der Waals surface area contributed by atoms with Crippen LogP contribution in [0.5, 0.6) is 0 Å². The van der Waals surface area contributed by atoms with Crippen molar-refractivity contribution in [3.8, 4) is 0 Å². The lowest BCUT2D eigenvalue weighted by molar-refractivity contribution is -0.141. The van der Waals surface area contributed by atoms with E-state index in [2.05, 4.69) is 0 Å². The molecule has 0 atom stereocenters. The van der Waals surface area contributed by atoms with Crippen molar-refractivity contribution < 1.29 is 22.3 Å². The molecule has 0 heterocycles. The van der Waals surface area contributed by atoms with E-state index in [1.807, 2.05) is 0 Å². The summed E-state index contributed by atoms with van der Waals surface area (Å²) in [5.41, 5.74) is 0.918. The minimum atomic E-state index is -4.09. The van der Waals surface area contributed by atoms with Crippen LogP contribution < -0.4 is 4.31 Å². The summed E-state index contributed by atoms with van der Waals surface area (Å²) >= 11 is 5.99. The van der Waals surface area contributed by atoms with Crippen molar-refractivity contribution in [1.82, 2.24) is 0 Å². The molecule has 0 N–H and O–H groups in total. The van der Waals surface area contributed by atoms with Gasteiger partial charge in [0.05, 0.1) is 17.2 Å². The maximum absolute atomic E-state index is 13.1. The third-order valence-corrected chi connectivity index (χ3v) is 5.62. The number of halogens is 2. The molecular weight excluding hydrogens is 369 g/mol. The van der Waals surface area contributed by atoms with Gasteiger partial charge < -0.3 is 4.74 Å². The highest BCUT2D eigenvalue weighted by molar-refractivity contribution is 7.92. The maximum atomic E-state index is 13.1. The van der Waals surface area contributed by atoms with E-state index in [-0.39, 0.29) is 17.2 Å². The molecule has 134 valence electrons. The molecule has 0 unspecified atom stereocenters. The number of hydrogen-bond acceptors (Lipinski definition) is 4. The number of esters is 1. The summed E-state index contributed by atoms with van der Waals surface area (Å²) in [6, 6.07) is 8.98. The van der Waals surface area contributed by atoms with Crippen LogP contribution in [0.2, 0.25) is 5.02 Å². The fourth-order valence-corrected chi connectivity index (χ4v) is 3.68. The van der Waals surface area contributed by atoms with Gasteiger partial charge in [0.15, 0.2) is 0 Å². The summed E-state index contributed by atoms with van der Waals surface area (Å²) in [7, 11) is -4.09. The Bertz CT molecular complexity index is 869. The lowest BCUT2D eigenvalue weighted by Crippen LogP contribution is -2.36. The maximum Gasteiger partial charge on any atom is 0.326 e. The second kappa shape index (κ2) is 7.84. The van der Waals surface area contributed by atoms with E-state index in [1.165, 1.54) is 6.07 Å². The standard InChI is InChI=1S/C17H17ClFNO4S/c1-3-24-17(21)11-20(14-6-9-16(18)12(2)10-14)25(22,23)15-7-4-13(19)5-8-15/h4-10H,3,11H2,1-2H3. The molecule has 2 rings (SSSR count). The molecule has 5 nitrogen and oxygen atoms in total. The van der Waals surface area contributed by atoms with Crippen molar-refractivity contribution in [2.24, 2.45) is 0 Å². The second-order valence-electron chi connectivity index (χ2n) is 5.20. The first kappa shape index (κ1) is 19.2. The predicted molar refractivity (Wildman–Crippen MR) is 93.8 cm³/mol. The van der Waals surface area contributed by atoms with E-state index in [4.69, 9.17) is 16.3 Å². The van der Waals surface area contributed by atoms with Crippen molar-refractivity contribution in [2.75, 3.05) is 17.5 Å². The smallest absolute Gasteiger partial charge is 0.326 e. The highest BCUT2D eigenvalue weighted by Crippen LogP contribution is 2.27. The number of nitrogens with zero attached hydrogens (tertiary/aromatic N) is 1. The fraction of sp³-hybridized carbons (Fsp3) is 0.235. The van der Waals surface area contributed by atoms with Crippen LogP contribution in [0.25, 0.3) is 0 Å². The summed E-state index contributed by atoms with van der Waals surface area (Å²) in [6.07, 6.45) is 0. The first-order chi connectivity index (χ1) is 11.8. The minimum absolute atomic E-state index is 0.128. The molecular formula is C17H17ClFNO4S. The van der Waals surface area contributed by atoms with Crippen molar-refractivity contribution in [2.45, 2.75) is 18.7 Å². The number of carbonyl (C=O) groups excluding carboxylic acids is 1. The number of anilines is 1. The van der Waals surface area contributed by atoms with Crippen LogP contribution in [0.3, 0.4) is 0 Å². The Balaban J connectivity index is 2.51. The Morgan fingerprint density at radius 3 is 2.40 bits per heavy atom. The number of hydrogen-bond donors (Lipinski definition) is 0. The SMILES string of the molecule is CCOC(=O)CN(c1ccc(Cl)c(C)c1)S(=O)(=O)c1ccc(F)cc1. The third kappa shape index (κ3) is 4.49. The summed E-state index contributed by atoms with van der Waals surface area (Å²) < 4.78 is 44.8. The van der Waals surface area contributed by atoms with Crippen LogP contribution in [0, 0.1) is 12.7 Å². The van der Waals surface area contributed by atoms with Crippen molar-refractivity contribution in [3.63, 3.8) is 0 Å². The van der Waals surface area contributed by atoms with Gasteiger partial charge in [0.2, 0.25) is 0 Å². The van der Waals surface area contributed by atoms with Gasteiger partial charge >= 0.3 is 5.97 Å². The van der Waals surface area contributed by atoms with Gasteiger partial charge in [0.1, 0.15) is 12.4 Å². The van der Waals surface area contributed by atoms with Crippen LogP contribution in [0.4, 0.5) is 10.1 Å². The van der Waals surface area contributed by atoms with E-state index in [9.17, 15) is 17.6 Å². The number of carbonyl (C=O) groups is 1. The average Bonchev–Trinajstić information content (AvgIpc) is 2.56. The summed E-state index contributed by atoms with van der Waals surface area (Å²) in [5.74, 6) is -1.25.